The molecule has 2 fully saturated rings. The number of fused-ring (bicyclic) bond motifs is 5. The zero-order valence-electron chi connectivity index (χ0n) is 15.3. The zero-order chi connectivity index (χ0) is 18.8. The first kappa shape index (κ1) is 16.4. The van der Waals surface area contributed by atoms with E-state index >= 15 is 0 Å². The van der Waals surface area contributed by atoms with Gasteiger partial charge in [0, 0.05) is 38.2 Å². The van der Waals surface area contributed by atoms with Crippen molar-refractivity contribution < 1.29 is 9.18 Å². The van der Waals surface area contributed by atoms with Crippen LogP contribution in [0.2, 0.25) is 0 Å². The smallest absolute Gasteiger partial charge is 0.319 e. The van der Waals surface area contributed by atoms with Gasteiger partial charge in [-0.05, 0) is 36.6 Å². The Labute approximate surface area is 157 Å². The molecule has 0 unspecified atom stereocenters. The number of nitrogens with zero attached hydrogens (tertiary/aromatic N) is 4. The fourth-order valence-corrected chi connectivity index (χ4v) is 4.95. The highest BCUT2D eigenvalue weighted by Crippen LogP contribution is 2.60. The van der Waals surface area contributed by atoms with Gasteiger partial charge in [-0.25, -0.2) is 9.18 Å². The van der Waals surface area contributed by atoms with Gasteiger partial charge >= 0.3 is 6.03 Å². The molecule has 0 N–H and O–H groups in total. The molecular weight excluding hydrogens is 343 g/mol. The molecule has 3 aliphatic rings. The third kappa shape index (κ3) is 2.19. The van der Waals surface area contributed by atoms with Crippen LogP contribution in [-0.4, -0.2) is 52.7 Å². The second-order valence-electron chi connectivity index (χ2n) is 7.84. The Morgan fingerprint density at radius 2 is 2.11 bits per heavy atom. The number of amides is 2. The Hall–Kier alpha value is -2.76. The number of urea groups is 1. The van der Waals surface area contributed by atoms with Crippen LogP contribution in [0, 0.1) is 5.82 Å². The van der Waals surface area contributed by atoms with Crippen LogP contribution in [0.1, 0.15) is 30.0 Å². The Morgan fingerprint density at radius 1 is 1.30 bits per heavy atom. The summed E-state index contributed by atoms with van der Waals surface area (Å²) in [5.74, 6) is -0.0781. The fraction of sp³-hybridized carbons (Fsp3) is 0.381. The molecule has 1 aliphatic heterocycles. The van der Waals surface area contributed by atoms with E-state index in [9.17, 15) is 9.18 Å². The van der Waals surface area contributed by atoms with Gasteiger partial charge in [0.15, 0.2) is 0 Å². The molecule has 5 nitrogen and oxygen atoms in total. The third-order valence-electron chi connectivity index (χ3n) is 6.46. The predicted molar refractivity (Wildman–Crippen MR) is 99.8 cm³/mol. The molecule has 1 saturated heterocycles. The molecule has 0 spiro atoms. The highest BCUT2D eigenvalue weighted by molar-refractivity contribution is 5.76. The van der Waals surface area contributed by atoms with E-state index in [1.807, 2.05) is 18.0 Å². The molecule has 2 amide bonds. The molecule has 1 aromatic heterocycles. The van der Waals surface area contributed by atoms with Crippen LogP contribution in [0.4, 0.5) is 9.18 Å². The van der Waals surface area contributed by atoms with Gasteiger partial charge in [-0.1, -0.05) is 24.3 Å². The highest BCUT2D eigenvalue weighted by atomic mass is 19.1. The molecule has 2 bridgehead atoms. The van der Waals surface area contributed by atoms with Gasteiger partial charge in [0.25, 0.3) is 0 Å². The van der Waals surface area contributed by atoms with Crippen molar-refractivity contribution in [1.29, 1.82) is 0 Å². The summed E-state index contributed by atoms with van der Waals surface area (Å²) in [7, 11) is 1.83. The van der Waals surface area contributed by atoms with Crippen molar-refractivity contribution in [2.75, 3.05) is 26.7 Å². The largest absolute Gasteiger partial charge is 0.326 e. The Balaban J connectivity index is 1.55. The van der Waals surface area contributed by atoms with Gasteiger partial charge in [0.1, 0.15) is 5.82 Å². The summed E-state index contributed by atoms with van der Waals surface area (Å²) in [5, 5.41) is 8.88. The topological polar surface area (TPSA) is 49.3 Å². The SMILES string of the molecule is C=C1[C@@H]2CC[C@@]1(CN1CCN(C)C1=O)c1nnc(-c3ccccc3F)cc12. The monoisotopic (exact) mass is 364 g/mol. The normalized spacial score (nSPS) is 26.2. The van der Waals surface area contributed by atoms with Gasteiger partial charge < -0.3 is 9.80 Å². The molecular formula is C21H21FN4O. The summed E-state index contributed by atoms with van der Waals surface area (Å²) in [6.07, 6.45) is 1.93. The first-order chi connectivity index (χ1) is 13.0. The Kier molecular flexibility index (Phi) is 3.41. The highest BCUT2D eigenvalue weighted by Gasteiger charge is 2.55. The second-order valence-corrected chi connectivity index (χ2v) is 7.84. The lowest BCUT2D eigenvalue weighted by molar-refractivity contribution is 0.190. The van der Waals surface area contributed by atoms with Crippen LogP contribution >= 0.6 is 0 Å². The molecule has 0 radical (unpaired) electrons. The van der Waals surface area contributed by atoms with Crippen LogP contribution in [0.25, 0.3) is 11.3 Å². The lowest BCUT2D eigenvalue weighted by Crippen LogP contribution is -2.42. The predicted octanol–water partition coefficient (Wildman–Crippen LogP) is 3.34. The van der Waals surface area contributed by atoms with E-state index in [4.69, 9.17) is 0 Å². The lowest BCUT2D eigenvalue weighted by atomic mass is 9.81. The van der Waals surface area contributed by atoms with Crippen LogP contribution < -0.4 is 0 Å². The summed E-state index contributed by atoms with van der Waals surface area (Å²) in [6.45, 7) is 6.45. The van der Waals surface area contributed by atoms with E-state index in [2.05, 4.69) is 16.8 Å². The number of carbonyl (C=O) groups excluding carboxylic acids is 1. The summed E-state index contributed by atoms with van der Waals surface area (Å²) < 4.78 is 14.2. The Bertz CT molecular complexity index is 974. The summed E-state index contributed by atoms with van der Waals surface area (Å²) >= 11 is 0. The van der Waals surface area contributed by atoms with E-state index in [0.717, 1.165) is 42.8 Å². The zero-order valence-corrected chi connectivity index (χ0v) is 15.3. The van der Waals surface area contributed by atoms with E-state index in [1.165, 1.54) is 6.07 Å². The molecule has 2 heterocycles. The molecule has 6 heteroatoms. The standard InChI is InChI=1S/C21H21FN4O/c1-13-14-7-8-21(13,12-26-10-9-25(2)20(26)27)19-16(14)11-18(23-24-19)15-5-3-4-6-17(15)22/h3-6,11,14H,1,7-10,12H2,2H3/t14-,21-/m0/s1. The number of rotatable bonds is 3. The van der Waals surface area contributed by atoms with Crippen LogP contribution in [0.3, 0.4) is 0 Å². The molecule has 2 aromatic rings. The minimum absolute atomic E-state index is 0.0602. The number of benzene rings is 1. The van der Waals surface area contributed by atoms with Crippen molar-refractivity contribution in [3.8, 4) is 11.3 Å². The van der Waals surface area contributed by atoms with Crippen LogP contribution in [0.5, 0.6) is 0 Å². The maximum atomic E-state index is 14.2. The molecule has 2 aliphatic carbocycles. The fourth-order valence-electron chi connectivity index (χ4n) is 4.95. The maximum Gasteiger partial charge on any atom is 0.319 e. The van der Waals surface area contributed by atoms with E-state index < -0.39 is 0 Å². The summed E-state index contributed by atoms with van der Waals surface area (Å²) in [6, 6.07) is 8.66. The average molecular weight is 364 g/mol. The van der Waals surface area contributed by atoms with Crippen molar-refractivity contribution >= 4 is 6.03 Å². The van der Waals surface area contributed by atoms with Crippen molar-refractivity contribution in [3.05, 3.63) is 59.6 Å². The number of carbonyl (C=O) groups is 1. The quantitative estimate of drug-likeness (QED) is 0.785. The number of hydrogen-bond donors (Lipinski definition) is 0. The minimum atomic E-state index is -0.318. The van der Waals surface area contributed by atoms with Crippen molar-refractivity contribution in [2.45, 2.75) is 24.2 Å². The molecule has 138 valence electrons. The number of halogens is 1. The van der Waals surface area contributed by atoms with Crippen LogP contribution in [0.15, 0.2) is 42.5 Å². The van der Waals surface area contributed by atoms with Crippen molar-refractivity contribution in [1.82, 2.24) is 20.0 Å². The number of hydrogen-bond acceptors (Lipinski definition) is 3. The van der Waals surface area contributed by atoms with Gasteiger partial charge in [-0.2, -0.15) is 10.2 Å². The van der Waals surface area contributed by atoms with Gasteiger partial charge in [0.2, 0.25) is 0 Å². The molecule has 1 saturated carbocycles. The van der Waals surface area contributed by atoms with Gasteiger partial charge in [0.05, 0.1) is 16.8 Å². The number of aromatic nitrogens is 2. The first-order valence-electron chi connectivity index (χ1n) is 9.33. The second kappa shape index (κ2) is 5.62. The molecule has 5 rings (SSSR count). The average Bonchev–Trinajstić information content (AvgIpc) is 3.24. The van der Waals surface area contributed by atoms with Gasteiger partial charge in [-0.3, -0.25) is 0 Å². The summed E-state index contributed by atoms with van der Waals surface area (Å²) in [5.41, 5.74) is 3.85. The molecule has 2 atom stereocenters. The van der Waals surface area contributed by atoms with Crippen LogP contribution in [-0.2, 0) is 5.41 Å². The van der Waals surface area contributed by atoms with Gasteiger partial charge in [-0.15, -0.1) is 0 Å². The first-order valence-corrected chi connectivity index (χ1v) is 9.33. The van der Waals surface area contributed by atoms with E-state index in [-0.39, 0.29) is 23.2 Å². The maximum absolute atomic E-state index is 14.2. The summed E-state index contributed by atoms with van der Waals surface area (Å²) in [4.78, 5) is 16.0. The molecule has 1 aromatic carbocycles. The molecule has 27 heavy (non-hydrogen) atoms. The Morgan fingerprint density at radius 3 is 2.85 bits per heavy atom. The minimum Gasteiger partial charge on any atom is -0.326 e. The van der Waals surface area contributed by atoms with E-state index in [1.54, 1.807) is 23.1 Å². The van der Waals surface area contributed by atoms with Crippen molar-refractivity contribution in [2.24, 2.45) is 0 Å². The van der Waals surface area contributed by atoms with Crippen molar-refractivity contribution in [3.63, 3.8) is 0 Å². The van der Waals surface area contributed by atoms with E-state index in [0.29, 0.717) is 17.8 Å². The third-order valence-corrected chi connectivity index (χ3v) is 6.46. The lowest BCUT2D eigenvalue weighted by Gasteiger charge is -2.32. The number of likely N-dealkylation sites (N-methyl/N-ethyl adjacent to an activating group) is 1.